The van der Waals surface area contributed by atoms with Gasteiger partial charge in [0.15, 0.2) is 0 Å². The second kappa shape index (κ2) is 7.24. The fraction of sp³-hybridized carbons (Fsp3) is 0.714. The van der Waals surface area contributed by atoms with Gasteiger partial charge in [-0.05, 0) is 13.0 Å². The van der Waals surface area contributed by atoms with Crippen molar-refractivity contribution in [3.05, 3.63) is 21.6 Å². The van der Waals surface area contributed by atoms with E-state index < -0.39 is 0 Å². The van der Waals surface area contributed by atoms with Crippen LogP contribution < -0.4 is 15.8 Å². The lowest BCUT2D eigenvalue weighted by Crippen LogP contribution is -2.47. The summed E-state index contributed by atoms with van der Waals surface area (Å²) >= 11 is 6.27. The number of ether oxygens (including phenoxy) is 1. The van der Waals surface area contributed by atoms with Crippen LogP contribution in [0, 0.1) is 5.92 Å². The summed E-state index contributed by atoms with van der Waals surface area (Å²) in [5, 5.41) is 7.59. The number of hydrogen-bond donors (Lipinski definition) is 1. The zero-order valence-corrected chi connectivity index (χ0v) is 13.6. The van der Waals surface area contributed by atoms with Crippen LogP contribution in [0.3, 0.4) is 0 Å². The second-order valence-corrected chi connectivity index (χ2v) is 6.10. The van der Waals surface area contributed by atoms with Crippen LogP contribution in [0.15, 0.2) is 11.0 Å². The number of nitrogens with zero attached hydrogens (tertiary/aromatic N) is 3. The molecule has 0 aromatic carbocycles. The molecule has 1 aromatic heterocycles. The highest BCUT2D eigenvalue weighted by Crippen LogP contribution is 2.23. The molecule has 1 aliphatic rings. The molecule has 1 atom stereocenters. The van der Waals surface area contributed by atoms with Crippen LogP contribution in [0.4, 0.5) is 5.69 Å². The van der Waals surface area contributed by atoms with Gasteiger partial charge < -0.3 is 15.0 Å². The maximum absolute atomic E-state index is 12.3. The highest BCUT2D eigenvalue weighted by Gasteiger charge is 2.23. The highest BCUT2D eigenvalue weighted by molar-refractivity contribution is 6.33. The predicted molar refractivity (Wildman–Crippen MR) is 84.2 cm³/mol. The number of likely N-dealkylation sites (N-methyl/N-ethyl adjacent to an activating group) is 1. The van der Waals surface area contributed by atoms with Crippen molar-refractivity contribution in [2.45, 2.75) is 26.5 Å². The molecule has 1 aromatic rings. The standard InChI is InChI=1S/C14H23ClN4O2/c1-10(2)8-19-14(20)13(15)12(7-17-19)18-4-5-21-11(9-18)6-16-3/h7,10-11,16H,4-6,8-9H2,1-3H3. The molecule has 2 heterocycles. The molecule has 0 saturated carbocycles. The fourth-order valence-corrected chi connectivity index (χ4v) is 2.71. The zero-order valence-electron chi connectivity index (χ0n) is 12.8. The molecule has 1 fully saturated rings. The molecule has 2 rings (SSSR count). The van der Waals surface area contributed by atoms with Gasteiger partial charge in [0.05, 0.1) is 24.6 Å². The minimum Gasteiger partial charge on any atom is -0.373 e. The van der Waals surface area contributed by atoms with Crippen molar-refractivity contribution in [1.82, 2.24) is 15.1 Å². The normalized spacial score (nSPS) is 19.3. The molecular formula is C14H23ClN4O2. The van der Waals surface area contributed by atoms with Crippen LogP contribution in [0.25, 0.3) is 0 Å². The Balaban J connectivity index is 2.20. The van der Waals surface area contributed by atoms with Crippen molar-refractivity contribution in [2.75, 3.05) is 38.2 Å². The Hall–Kier alpha value is -1.11. The van der Waals surface area contributed by atoms with Gasteiger partial charge in [-0.25, -0.2) is 4.68 Å². The Bertz CT molecular complexity index is 530. The molecule has 0 amide bonds. The van der Waals surface area contributed by atoms with Gasteiger partial charge in [-0.1, -0.05) is 25.4 Å². The van der Waals surface area contributed by atoms with E-state index >= 15 is 0 Å². The van der Waals surface area contributed by atoms with Gasteiger partial charge in [-0.2, -0.15) is 5.10 Å². The lowest BCUT2D eigenvalue weighted by Gasteiger charge is -2.34. The molecule has 1 N–H and O–H groups in total. The van der Waals surface area contributed by atoms with E-state index in [9.17, 15) is 4.79 Å². The monoisotopic (exact) mass is 314 g/mol. The Morgan fingerprint density at radius 3 is 3.00 bits per heavy atom. The largest absolute Gasteiger partial charge is 0.373 e. The van der Waals surface area contributed by atoms with Gasteiger partial charge in [0, 0.05) is 26.2 Å². The first-order valence-corrected chi connectivity index (χ1v) is 7.67. The molecular weight excluding hydrogens is 292 g/mol. The third kappa shape index (κ3) is 3.96. The molecule has 6 nitrogen and oxygen atoms in total. The van der Waals surface area contributed by atoms with Gasteiger partial charge >= 0.3 is 0 Å². The van der Waals surface area contributed by atoms with Gasteiger partial charge in [0.2, 0.25) is 0 Å². The minimum absolute atomic E-state index is 0.0953. The Labute approximate surface area is 130 Å². The van der Waals surface area contributed by atoms with E-state index in [0.29, 0.717) is 31.3 Å². The molecule has 1 unspecified atom stereocenters. The summed E-state index contributed by atoms with van der Waals surface area (Å²) in [5.41, 5.74) is 0.477. The summed E-state index contributed by atoms with van der Waals surface area (Å²) in [4.78, 5) is 14.3. The molecule has 7 heteroatoms. The average Bonchev–Trinajstić information content (AvgIpc) is 2.44. The summed E-state index contributed by atoms with van der Waals surface area (Å²) in [6, 6.07) is 0. The Kier molecular flexibility index (Phi) is 5.61. The van der Waals surface area contributed by atoms with Crippen molar-refractivity contribution in [2.24, 2.45) is 5.92 Å². The lowest BCUT2D eigenvalue weighted by molar-refractivity contribution is 0.0421. The fourth-order valence-electron chi connectivity index (χ4n) is 2.44. The maximum Gasteiger partial charge on any atom is 0.287 e. The van der Waals surface area contributed by atoms with Crippen LogP contribution in [0.1, 0.15) is 13.8 Å². The number of halogens is 1. The van der Waals surface area contributed by atoms with E-state index in [1.165, 1.54) is 4.68 Å². The van der Waals surface area contributed by atoms with Crippen LogP contribution in [-0.2, 0) is 11.3 Å². The molecule has 21 heavy (non-hydrogen) atoms. The van der Waals surface area contributed by atoms with E-state index in [4.69, 9.17) is 16.3 Å². The number of morpholine rings is 1. The Morgan fingerprint density at radius 1 is 1.57 bits per heavy atom. The number of hydrogen-bond acceptors (Lipinski definition) is 5. The zero-order chi connectivity index (χ0) is 15.4. The van der Waals surface area contributed by atoms with Crippen molar-refractivity contribution >= 4 is 17.3 Å². The maximum atomic E-state index is 12.3. The first-order chi connectivity index (χ1) is 10.0. The van der Waals surface area contributed by atoms with E-state index in [-0.39, 0.29) is 16.7 Å². The van der Waals surface area contributed by atoms with Gasteiger partial charge in [-0.15, -0.1) is 0 Å². The predicted octanol–water partition coefficient (Wildman–Crippen LogP) is 0.977. The highest BCUT2D eigenvalue weighted by atomic mass is 35.5. The first-order valence-electron chi connectivity index (χ1n) is 7.29. The quantitative estimate of drug-likeness (QED) is 0.878. The molecule has 0 radical (unpaired) electrons. The summed E-state index contributed by atoms with van der Waals surface area (Å²) in [6.07, 6.45) is 1.78. The molecule has 0 bridgehead atoms. The summed E-state index contributed by atoms with van der Waals surface area (Å²) < 4.78 is 7.10. The molecule has 1 aliphatic heterocycles. The van der Waals surface area contributed by atoms with Gasteiger partial charge in [-0.3, -0.25) is 4.79 Å². The summed E-state index contributed by atoms with van der Waals surface area (Å²) in [6.45, 7) is 7.47. The van der Waals surface area contributed by atoms with E-state index in [0.717, 1.165) is 13.1 Å². The van der Waals surface area contributed by atoms with Gasteiger partial charge in [0.1, 0.15) is 5.02 Å². The van der Waals surface area contributed by atoms with E-state index in [1.807, 2.05) is 20.9 Å². The number of anilines is 1. The molecule has 0 spiro atoms. The smallest absolute Gasteiger partial charge is 0.287 e. The lowest BCUT2D eigenvalue weighted by atomic mass is 10.2. The minimum atomic E-state index is -0.223. The van der Waals surface area contributed by atoms with Crippen LogP contribution >= 0.6 is 11.6 Å². The van der Waals surface area contributed by atoms with E-state index in [2.05, 4.69) is 15.3 Å². The third-order valence-corrected chi connectivity index (χ3v) is 3.77. The summed E-state index contributed by atoms with van der Waals surface area (Å²) in [5.74, 6) is 0.348. The first kappa shape index (κ1) is 16.3. The van der Waals surface area contributed by atoms with Crippen molar-refractivity contribution in [1.29, 1.82) is 0 Å². The van der Waals surface area contributed by atoms with Crippen molar-refractivity contribution in [3.63, 3.8) is 0 Å². The number of nitrogens with one attached hydrogen (secondary N) is 1. The Morgan fingerprint density at radius 2 is 2.33 bits per heavy atom. The average molecular weight is 315 g/mol. The SMILES string of the molecule is CNCC1CN(c2cnn(CC(C)C)c(=O)c2Cl)CCO1. The topological polar surface area (TPSA) is 59.4 Å². The number of aromatic nitrogens is 2. The second-order valence-electron chi connectivity index (χ2n) is 5.72. The van der Waals surface area contributed by atoms with Crippen molar-refractivity contribution < 1.29 is 4.74 Å². The number of rotatable bonds is 5. The third-order valence-electron chi connectivity index (χ3n) is 3.42. The van der Waals surface area contributed by atoms with Crippen LogP contribution in [0.5, 0.6) is 0 Å². The van der Waals surface area contributed by atoms with Crippen molar-refractivity contribution in [3.8, 4) is 0 Å². The van der Waals surface area contributed by atoms with Crippen LogP contribution in [-0.4, -0.2) is 49.2 Å². The molecule has 1 saturated heterocycles. The molecule has 0 aliphatic carbocycles. The molecule has 118 valence electrons. The van der Waals surface area contributed by atoms with E-state index in [1.54, 1.807) is 6.20 Å². The summed E-state index contributed by atoms with van der Waals surface area (Å²) in [7, 11) is 1.89. The van der Waals surface area contributed by atoms with Crippen LogP contribution in [0.2, 0.25) is 5.02 Å². The van der Waals surface area contributed by atoms with Gasteiger partial charge in [0.25, 0.3) is 5.56 Å².